The zero-order valence-corrected chi connectivity index (χ0v) is 35.2. The molecule has 3 heteroatoms. The third-order valence-corrected chi connectivity index (χ3v) is 13.1. The molecule has 0 spiro atoms. The Kier molecular flexibility index (Phi) is 9.88. The van der Waals surface area contributed by atoms with Crippen LogP contribution in [0.15, 0.2) is 201 Å². The van der Waals surface area contributed by atoms with Crippen molar-refractivity contribution in [3.8, 4) is 55.9 Å². The summed E-state index contributed by atoms with van der Waals surface area (Å²) in [4.78, 5) is 1.27. The lowest BCUT2D eigenvalue weighted by atomic mass is 9.94. The van der Waals surface area contributed by atoms with Crippen molar-refractivity contribution >= 4 is 61.5 Å². The summed E-state index contributed by atoms with van der Waals surface area (Å²) in [6.45, 7) is 12.2. The van der Waals surface area contributed by atoms with Crippen molar-refractivity contribution in [2.24, 2.45) is 0 Å². The Bertz CT molecular complexity index is 3380. The number of rotatable bonds is 10. The fourth-order valence-corrected chi connectivity index (χ4v) is 10.1. The summed E-state index contributed by atoms with van der Waals surface area (Å²) >= 11 is 1.85. The highest BCUT2D eigenvalue weighted by molar-refractivity contribution is 7.20. The highest BCUT2D eigenvalue weighted by Crippen LogP contribution is 2.41. The van der Waals surface area contributed by atoms with Gasteiger partial charge >= 0.3 is 0 Å². The molecular weight excluding hydrogens is 757 g/mol. The maximum absolute atomic E-state index is 4.10. The first kappa shape index (κ1) is 37.8. The third kappa shape index (κ3) is 6.79. The van der Waals surface area contributed by atoms with Crippen LogP contribution in [0.4, 0.5) is 0 Å². The minimum Gasteiger partial charge on any atom is -0.311 e. The summed E-state index contributed by atoms with van der Waals surface area (Å²) in [5, 5.41) is 3.75. The van der Waals surface area contributed by atoms with E-state index in [4.69, 9.17) is 0 Å². The number of hydrogen-bond acceptors (Lipinski definition) is 1. The fraction of sp³-hybridized carbons (Fsp3) is 0.0345. The number of nitrogens with zero attached hydrogens (tertiary/aromatic N) is 2. The maximum Gasteiger partial charge on any atom is 0.0542 e. The van der Waals surface area contributed by atoms with Crippen LogP contribution >= 0.6 is 11.3 Å². The molecule has 3 aromatic heterocycles. The van der Waals surface area contributed by atoms with E-state index >= 15 is 0 Å². The van der Waals surface area contributed by atoms with Crippen molar-refractivity contribution in [3.05, 3.63) is 223 Å². The number of aromatic nitrogens is 2. The van der Waals surface area contributed by atoms with Crippen LogP contribution in [0.25, 0.3) is 106 Å². The molecular formula is C58H44N2S. The lowest BCUT2D eigenvalue weighted by molar-refractivity contribution is 1.05. The van der Waals surface area contributed by atoms with Gasteiger partial charge in [0.1, 0.15) is 0 Å². The maximum atomic E-state index is 4.10. The van der Waals surface area contributed by atoms with E-state index in [0.29, 0.717) is 0 Å². The van der Waals surface area contributed by atoms with Gasteiger partial charge in [0, 0.05) is 43.1 Å². The molecule has 0 unspecified atom stereocenters. The summed E-state index contributed by atoms with van der Waals surface area (Å²) in [6, 6.07) is 62.2. The molecule has 61 heavy (non-hydrogen) atoms. The first-order valence-electron chi connectivity index (χ1n) is 20.8. The Labute approximate surface area is 361 Å². The molecule has 0 aliphatic heterocycles. The minimum atomic E-state index is 1.07. The van der Waals surface area contributed by atoms with E-state index in [0.717, 1.165) is 22.8 Å². The Hall–Kier alpha value is -7.46. The van der Waals surface area contributed by atoms with E-state index in [-0.39, 0.29) is 0 Å². The van der Waals surface area contributed by atoms with Gasteiger partial charge in [-0.3, -0.25) is 0 Å². The van der Waals surface area contributed by atoms with Gasteiger partial charge in [-0.1, -0.05) is 135 Å². The summed E-state index contributed by atoms with van der Waals surface area (Å²) in [7, 11) is 0. The van der Waals surface area contributed by atoms with Gasteiger partial charge in [-0.15, -0.1) is 11.3 Å². The van der Waals surface area contributed by atoms with Gasteiger partial charge in [0.15, 0.2) is 0 Å². The monoisotopic (exact) mass is 800 g/mol. The number of aryl methyl sites for hydroxylation is 1. The van der Waals surface area contributed by atoms with E-state index < -0.39 is 0 Å². The van der Waals surface area contributed by atoms with Crippen molar-refractivity contribution in [1.29, 1.82) is 0 Å². The molecule has 0 amide bonds. The lowest BCUT2D eigenvalue weighted by Gasteiger charge is -2.13. The Morgan fingerprint density at radius 2 is 1.05 bits per heavy atom. The largest absolute Gasteiger partial charge is 0.311 e. The van der Waals surface area contributed by atoms with Gasteiger partial charge in [0.2, 0.25) is 0 Å². The predicted octanol–water partition coefficient (Wildman–Crippen LogP) is 16.6. The molecule has 0 bridgehead atoms. The second-order valence-corrected chi connectivity index (χ2v) is 16.5. The minimum absolute atomic E-state index is 1.07. The van der Waals surface area contributed by atoms with Gasteiger partial charge in [0.05, 0.1) is 11.0 Å². The predicted molar refractivity (Wildman–Crippen MR) is 266 cm³/mol. The van der Waals surface area contributed by atoms with E-state index in [9.17, 15) is 0 Å². The van der Waals surface area contributed by atoms with Crippen LogP contribution in [-0.2, 0) is 0 Å². The molecule has 0 saturated heterocycles. The zero-order valence-electron chi connectivity index (χ0n) is 34.3. The van der Waals surface area contributed by atoms with Crippen LogP contribution in [-0.4, -0.2) is 9.13 Å². The second kappa shape index (κ2) is 16.0. The first-order chi connectivity index (χ1) is 30.0. The van der Waals surface area contributed by atoms with Crippen LogP contribution in [0.2, 0.25) is 0 Å². The van der Waals surface area contributed by atoms with Crippen molar-refractivity contribution in [1.82, 2.24) is 9.13 Å². The molecule has 10 aromatic rings. The summed E-state index contributed by atoms with van der Waals surface area (Å²) in [5.74, 6) is 0. The Balaban J connectivity index is 0.995. The molecule has 0 atom stereocenters. The number of para-hydroxylation sites is 1. The standard InChI is InChI=1S/C58H44N2S/c1-5-8-29-57-39(4)51-26-15-27-52(58(51)61-57)46-23-13-21-44(36-46)42-19-11-17-40(34-42)41-18-12-20-43(35-41)45-22-14-24-49(37-45)60-55-28-10-9-25-53(55)54-38-50(32-33-56(54)60)59-47(7-3)30-31-48(59)16-6-2/h5-38H,1,3H2,2,4H3. The van der Waals surface area contributed by atoms with Crippen LogP contribution < -0.4 is 0 Å². The van der Waals surface area contributed by atoms with E-state index in [2.05, 4.69) is 224 Å². The number of thiophene rings is 1. The Morgan fingerprint density at radius 3 is 1.74 bits per heavy atom. The van der Waals surface area contributed by atoms with Crippen LogP contribution in [0.1, 0.15) is 28.8 Å². The van der Waals surface area contributed by atoms with Gasteiger partial charge < -0.3 is 9.13 Å². The summed E-state index contributed by atoms with van der Waals surface area (Å²) in [6.07, 6.45) is 12.2. The van der Waals surface area contributed by atoms with E-state index in [1.165, 1.54) is 86.8 Å². The highest BCUT2D eigenvalue weighted by Gasteiger charge is 2.16. The molecule has 0 aliphatic rings. The molecule has 2 nitrogen and oxygen atoms in total. The molecule has 0 fully saturated rings. The fourth-order valence-electron chi connectivity index (χ4n) is 8.86. The molecule has 0 N–H and O–H groups in total. The van der Waals surface area contributed by atoms with Crippen molar-refractivity contribution in [3.63, 3.8) is 0 Å². The van der Waals surface area contributed by atoms with Gasteiger partial charge in [0.25, 0.3) is 0 Å². The molecule has 0 aliphatic carbocycles. The summed E-state index contributed by atoms with van der Waals surface area (Å²) < 4.78 is 5.98. The molecule has 10 rings (SSSR count). The van der Waals surface area contributed by atoms with Crippen LogP contribution in [0, 0.1) is 6.92 Å². The Morgan fingerprint density at radius 1 is 0.475 bits per heavy atom. The molecule has 0 radical (unpaired) electrons. The lowest BCUT2D eigenvalue weighted by Crippen LogP contribution is -1.99. The highest BCUT2D eigenvalue weighted by atomic mass is 32.1. The normalized spacial score (nSPS) is 11.8. The average molecular weight is 801 g/mol. The molecule has 3 heterocycles. The van der Waals surface area contributed by atoms with E-state index in [1.807, 2.05) is 29.6 Å². The quantitative estimate of drug-likeness (QED) is 0.122. The van der Waals surface area contributed by atoms with Gasteiger partial charge in [-0.05, 0) is 154 Å². The van der Waals surface area contributed by atoms with Gasteiger partial charge in [-0.25, -0.2) is 0 Å². The van der Waals surface area contributed by atoms with Crippen LogP contribution in [0.5, 0.6) is 0 Å². The number of hydrogen-bond donors (Lipinski definition) is 0. The second-order valence-electron chi connectivity index (χ2n) is 15.4. The SMILES string of the molecule is C=CC=Cc1sc2c(-c3cccc(-c4cccc(-c5cccc(-c6cccc(-n7c8ccccc8c8cc(-n9c(C=C)ccc9C=CC)ccc87)c6)c5)c4)c3)cccc2c1C. The molecule has 0 saturated carbocycles. The number of fused-ring (bicyclic) bond motifs is 4. The summed E-state index contributed by atoms with van der Waals surface area (Å²) in [5.41, 5.74) is 17.7. The smallest absolute Gasteiger partial charge is 0.0542 e. The van der Waals surface area contributed by atoms with Crippen molar-refractivity contribution < 1.29 is 0 Å². The zero-order chi connectivity index (χ0) is 41.5. The van der Waals surface area contributed by atoms with Crippen molar-refractivity contribution in [2.45, 2.75) is 13.8 Å². The van der Waals surface area contributed by atoms with Crippen LogP contribution in [0.3, 0.4) is 0 Å². The van der Waals surface area contributed by atoms with Crippen molar-refractivity contribution in [2.75, 3.05) is 0 Å². The number of benzene rings is 7. The van der Waals surface area contributed by atoms with E-state index in [1.54, 1.807) is 0 Å². The first-order valence-corrected chi connectivity index (χ1v) is 21.6. The third-order valence-electron chi connectivity index (χ3n) is 11.8. The topological polar surface area (TPSA) is 9.86 Å². The molecule has 7 aromatic carbocycles. The number of allylic oxidation sites excluding steroid dienone is 3. The average Bonchev–Trinajstić information content (AvgIpc) is 3.99. The van der Waals surface area contributed by atoms with Gasteiger partial charge in [-0.2, -0.15) is 0 Å². The molecule has 292 valence electrons.